The third-order valence-corrected chi connectivity index (χ3v) is 4.03. The molecule has 0 saturated heterocycles. The third-order valence-electron chi connectivity index (χ3n) is 4.03. The number of hydrogen-bond donors (Lipinski definition) is 1. The highest BCUT2D eigenvalue weighted by molar-refractivity contribution is 5.69. The fourth-order valence-electron chi connectivity index (χ4n) is 2.67. The van der Waals surface area contributed by atoms with Gasteiger partial charge in [0.05, 0.1) is 6.54 Å². The molecule has 0 atom stereocenters. The number of carbonyl (C=O) groups is 1. The number of carboxylic acids is 1. The minimum absolute atomic E-state index is 0.0163. The fourth-order valence-corrected chi connectivity index (χ4v) is 2.67. The minimum Gasteiger partial charge on any atom is -0.492 e. The quantitative estimate of drug-likeness (QED) is 0.825. The maximum Gasteiger partial charge on any atom is 0.317 e. The molecule has 134 valence electrons. The van der Waals surface area contributed by atoms with Crippen LogP contribution in [0.25, 0.3) is 11.1 Å². The highest BCUT2D eigenvalue weighted by Gasteiger charge is 2.20. The van der Waals surface area contributed by atoms with Crippen LogP contribution in [-0.4, -0.2) is 42.7 Å². The van der Waals surface area contributed by atoms with E-state index >= 15 is 0 Å². The Hall–Kier alpha value is -2.33. The van der Waals surface area contributed by atoms with Gasteiger partial charge in [-0.3, -0.25) is 9.69 Å². The summed E-state index contributed by atoms with van der Waals surface area (Å²) in [5.74, 6) is 0.0287. The molecule has 2 aromatic carbocycles. The fraction of sp³-hybridized carbons (Fsp3) is 0.381. The molecule has 0 bridgehead atoms. The molecule has 0 aliphatic heterocycles. The Morgan fingerprint density at radius 1 is 1.08 bits per heavy atom. The van der Waals surface area contributed by atoms with Crippen LogP contribution in [0.4, 0.5) is 0 Å². The molecule has 0 saturated carbocycles. The predicted octanol–water partition coefficient (Wildman–Crippen LogP) is 4.05. The SMILES string of the molecule is CN(CCOc1ccc(-c2ccccc2)cc1C(C)(C)C)CC(=O)O. The number of hydrogen-bond acceptors (Lipinski definition) is 3. The third kappa shape index (κ3) is 5.61. The van der Waals surface area contributed by atoms with E-state index in [1.54, 1.807) is 11.9 Å². The molecule has 2 rings (SSSR count). The lowest BCUT2D eigenvalue weighted by Gasteiger charge is -2.24. The summed E-state index contributed by atoms with van der Waals surface area (Å²) in [5.41, 5.74) is 3.45. The molecule has 25 heavy (non-hydrogen) atoms. The Kier molecular flexibility index (Phi) is 6.21. The average Bonchev–Trinajstić information content (AvgIpc) is 2.54. The highest BCUT2D eigenvalue weighted by atomic mass is 16.5. The van der Waals surface area contributed by atoms with Crippen molar-refractivity contribution in [3.05, 3.63) is 54.1 Å². The van der Waals surface area contributed by atoms with Gasteiger partial charge in [0.25, 0.3) is 0 Å². The van der Waals surface area contributed by atoms with E-state index in [9.17, 15) is 4.79 Å². The van der Waals surface area contributed by atoms with E-state index in [0.717, 1.165) is 11.3 Å². The maximum atomic E-state index is 10.7. The monoisotopic (exact) mass is 341 g/mol. The molecular weight excluding hydrogens is 314 g/mol. The molecule has 0 aromatic heterocycles. The first-order valence-electron chi connectivity index (χ1n) is 8.50. The molecule has 0 unspecified atom stereocenters. The van der Waals surface area contributed by atoms with Crippen molar-refractivity contribution >= 4 is 5.97 Å². The van der Waals surface area contributed by atoms with Crippen molar-refractivity contribution in [1.29, 1.82) is 0 Å². The zero-order valence-electron chi connectivity index (χ0n) is 15.5. The lowest BCUT2D eigenvalue weighted by molar-refractivity contribution is -0.138. The molecule has 0 aliphatic carbocycles. The number of rotatable bonds is 7. The van der Waals surface area contributed by atoms with E-state index in [1.807, 2.05) is 24.3 Å². The molecule has 2 aromatic rings. The van der Waals surface area contributed by atoms with Gasteiger partial charge in [-0.25, -0.2) is 0 Å². The molecule has 1 N–H and O–H groups in total. The zero-order chi connectivity index (χ0) is 18.4. The van der Waals surface area contributed by atoms with E-state index in [0.29, 0.717) is 13.2 Å². The van der Waals surface area contributed by atoms with E-state index in [1.165, 1.54) is 11.1 Å². The summed E-state index contributed by atoms with van der Waals surface area (Å²) in [5, 5.41) is 8.81. The van der Waals surface area contributed by atoms with Crippen molar-refractivity contribution in [3.63, 3.8) is 0 Å². The van der Waals surface area contributed by atoms with E-state index in [-0.39, 0.29) is 12.0 Å². The maximum absolute atomic E-state index is 10.7. The van der Waals surface area contributed by atoms with Crippen LogP contribution in [0.1, 0.15) is 26.3 Å². The van der Waals surface area contributed by atoms with Crippen LogP contribution in [0, 0.1) is 0 Å². The molecule has 0 amide bonds. The second kappa shape index (κ2) is 8.17. The van der Waals surface area contributed by atoms with Crippen LogP contribution in [0.15, 0.2) is 48.5 Å². The molecule has 4 heteroatoms. The van der Waals surface area contributed by atoms with Crippen molar-refractivity contribution < 1.29 is 14.6 Å². The van der Waals surface area contributed by atoms with Gasteiger partial charge in [0.15, 0.2) is 0 Å². The van der Waals surface area contributed by atoms with Gasteiger partial charge in [-0.15, -0.1) is 0 Å². The Bertz CT molecular complexity index is 705. The van der Waals surface area contributed by atoms with Gasteiger partial charge in [0.2, 0.25) is 0 Å². The number of ether oxygens (including phenoxy) is 1. The largest absolute Gasteiger partial charge is 0.492 e. The molecule has 4 nitrogen and oxygen atoms in total. The van der Waals surface area contributed by atoms with Gasteiger partial charge in [0.1, 0.15) is 12.4 Å². The van der Waals surface area contributed by atoms with E-state index in [2.05, 4.69) is 45.0 Å². The molecule has 0 fully saturated rings. The second-order valence-electron chi connectivity index (χ2n) is 7.31. The average molecular weight is 341 g/mol. The molecule has 0 aliphatic rings. The lowest BCUT2D eigenvalue weighted by atomic mass is 9.84. The Morgan fingerprint density at radius 2 is 1.76 bits per heavy atom. The summed E-state index contributed by atoms with van der Waals surface area (Å²) in [6.07, 6.45) is 0. The standard InChI is InChI=1S/C21H27NO3/c1-21(2,3)18-14-17(16-8-6-5-7-9-16)10-11-19(18)25-13-12-22(4)15-20(23)24/h5-11,14H,12-13,15H2,1-4H3,(H,23,24). The molecule has 0 heterocycles. The summed E-state index contributed by atoms with van der Waals surface area (Å²) in [7, 11) is 1.78. The Balaban J connectivity index is 2.16. The van der Waals surface area contributed by atoms with Crippen LogP contribution >= 0.6 is 0 Å². The highest BCUT2D eigenvalue weighted by Crippen LogP contribution is 2.35. The van der Waals surface area contributed by atoms with Gasteiger partial charge in [-0.2, -0.15) is 0 Å². The second-order valence-corrected chi connectivity index (χ2v) is 7.31. The zero-order valence-corrected chi connectivity index (χ0v) is 15.5. The number of carboxylic acid groups (broad SMARTS) is 1. The number of nitrogens with zero attached hydrogens (tertiary/aromatic N) is 1. The van der Waals surface area contributed by atoms with E-state index in [4.69, 9.17) is 9.84 Å². The smallest absolute Gasteiger partial charge is 0.317 e. The number of aliphatic carboxylic acids is 1. The normalized spacial score (nSPS) is 11.6. The van der Waals surface area contributed by atoms with Crippen LogP contribution < -0.4 is 4.74 Å². The number of likely N-dealkylation sites (N-methyl/N-ethyl adjacent to an activating group) is 1. The summed E-state index contributed by atoms with van der Waals surface area (Å²) in [6, 6.07) is 16.6. The first kappa shape index (κ1) is 19.0. The first-order chi connectivity index (χ1) is 11.8. The molecule has 0 spiro atoms. The van der Waals surface area contributed by atoms with Crippen molar-refractivity contribution in [1.82, 2.24) is 4.90 Å². The van der Waals surface area contributed by atoms with Gasteiger partial charge in [-0.1, -0.05) is 57.2 Å². The van der Waals surface area contributed by atoms with Crippen molar-refractivity contribution in [3.8, 4) is 16.9 Å². The number of benzene rings is 2. The van der Waals surface area contributed by atoms with Crippen molar-refractivity contribution in [2.24, 2.45) is 0 Å². The van der Waals surface area contributed by atoms with Gasteiger partial charge in [-0.05, 0) is 35.7 Å². The lowest BCUT2D eigenvalue weighted by Crippen LogP contribution is -2.30. The topological polar surface area (TPSA) is 49.8 Å². The summed E-state index contributed by atoms with van der Waals surface area (Å²) >= 11 is 0. The Morgan fingerprint density at radius 3 is 2.36 bits per heavy atom. The van der Waals surface area contributed by atoms with E-state index < -0.39 is 5.97 Å². The van der Waals surface area contributed by atoms with Crippen LogP contribution in [0.3, 0.4) is 0 Å². The summed E-state index contributed by atoms with van der Waals surface area (Å²) in [4.78, 5) is 12.5. The van der Waals surface area contributed by atoms with Gasteiger partial charge < -0.3 is 9.84 Å². The summed E-state index contributed by atoms with van der Waals surface area (Å²) in [6.45, 7) is 7.54. The minimum atomic E-state index is -0.829. The molecular formula is C21H27NO3. The van der Waals surface area contributed by atoms with Gasteiger partial charge in [0, 0.05) is 12.1 Å². The first-order valence-corrected chi connectivity index (χ1v) is 8.50. The van der Waals surface area contributed by atoms with Crippen LogP contribution in [0.2, 0.25) is 0 Å². The predicted molar refractivity (Wildman–Crippen MR) is 101 cm³/mol. The van der Waals surface area contributed by atoms with Crippen LogP contribution in [-0.2, 0) is 10.2 Å². The summed E-state index contributed by atoms with van der Waals surface area (Å²) < 4.78 is 5.97. The van der Waals surface area contributed by atoms with Crippen molar-refractivity contribution in [2.75, 3.05) is 26.7 Å². The van der Waals surface area contributed by atoms with Crippen molar-refractivity contribution in [2.45, 2.75) is 26.2 Å². The molecule has 0 radical (unpaired) electrons. The van der Waals surface area contributed by atoms with Crippen LogP contribution in [0.5, 0.6) is 5.75 Å². The van der Waals surface area contributed by atoms with Gasteiger partial charge >= 0.3 is 5.97 Å². The Labute approximate surface area is 150 Å².